The number of hydrogen-bond donors (Lipinski definition) is 1. The summed E-state index contributed by atoms with van der Waals surface area (Å²) in [6, 6.07) is 9.45. The van der Waals surface area contributed by atoms with Crippen LogP contribution >= 0.6 is 0 Å². The molecule has 1 fully saturated rings. The average Bonchev–Trinajstić information content (AvgIpc) is 2.80. The highest BCUT2D eigenvalue weighted by Gasteiger charge is 2.45. The van der Waals surface area contributed by atoms with E-state index in [1.54, 1.807) is 6.92 Å². The first-order valence-electron chi connectivity index (χ1n) is 5.87. The molecule has 1 aromatic rings. The van der Waals surface area contributed by atoms with E-state index >= 15 is 0 Å². The zero-order valence-corrected chi connectivity index (χ0v) is 10.3. The lowest BCUT2D eigenvalue weighted by molar-refractivity contribution is -0.206. The zero-order valence-electron chi connectivity index (χ0n) is 10.3. The number of ether oxygens (including phenoxy) is 3. The Morgan fingerprint density at radius 1 is 1.50 bits per heavy atom. The second-order valence-electron chi connectivity index (χ2n) is 4.29. The van der Waals surface area contributed by atoms with Crippen molar-refractivity contribution in [1.29, 1.82) is 0 Å². The van der Waals surface area contributed by atoms with Gasteiger partial charge in [0.15, 0.2) is 0 Å². The second kappa shape index (κ2) is 5.48. The highest BCUT2D eigenvalue weighted by Crippen LogP contribution is 2.24. The summed E-state index contributed by atoms with van der Waals surface area (Å²) >= 11 is 0. The predicted octanol–water partition coefficient (Wildman–Crippen LogP) is 0.820. The number of carbonyl (C=O) groups excluding carboxylic acids is 1. The van der Waals surface area contributed by atoms with Crippen LogP contribution in [0.4, 0.5) is 0 Å². The second-order valence-corrected chi connectivity index (χ2v) is 4.29. The molecular formula is C13H17NO4. The summed E-state index contributed by atoms with van der Waals surface area (Å²) in [6.45, 7) is 2.39. The van der Waals surface area contributed by atoms with Gasteiger partial charge in [-0.2, -0.15) is 0 Å². The number of benzene rings is 1. The third kappa shape index (κ3) is 2.87. The molecule has 0 aliphatic carbocycles. The van der Waals surface area contributed by atoms with Crippen LogP contribution in [0, 0.1) is 0 Å². The molecule has 0 spiro atoms. The summed E-state index contributed by atoms with van der Waals surface area (Å²) in [6.07, 6.45) is -0.251. The lowest BCUT2D eigenvalue weighted by Crippen LogP contribution is -2.39. The van der Waals surface area contributed by atoms with Crippen LogP contribution in [0.3, 0.4) is 0 Å². The Morgan fingerprint density at radius 2 is 2.22 bits per heavy atom. The smallest absolute Gasteiger partial charge is 0.366 e. The van der Waals surface area contributed by atoms with Crippen molar-refractivity contribution in [3.8, 4) is 0 Å². The van der Waals surface area contributed by atoms with Crippen LogP contribution in [0.25, 0.3) is 0 Å². The Bertz CT molecular complexity index is 409. The maximum absolute atomic E-state index is 11.9. The largest absolute Gasteiger partial charge is 0.457 e. The van der Waals surface area contributed by atoms with Crippen LogP contribution in [0.5, 0.6) is 0 Å². The molecule has 0 radical (unpaired) electrons. The first kappa shape index (κ1) is 13.0. The van der Waals surface area contributed by atoms with Gasteiger partial charge in [-0.25, -0.2) is 4.79 Å². The molecule has 2 atom stereocenters. The standard InChI is InChI=1S/C13H17NO4/c1-13(17-9-11(7-14)18-13)12(15)16-8-10-5-3-2-4-6-10/h2-6,11H,7-9,14H2,1H3/t11-,13?/m1/s1. The summed E-state index contributed by atoms with van der Waals surface area (Å²) in [7, 11) is 0. The molecule has 0 bridgehead atoms. The fraction of sp³-hybridized carbons (Fsp3) is 0.462. The van der Waals surface area contributed by atoms with Crippen molar-refractivity contribution in [1.82, 2.24) is 0 Å². The molecule has 0 aromatic heterocycles. The summed E-state index contributed by atoms with van der Waals surface area (Å²) in [5, 5.41) is 0. The number of hydrogen-bond acceptors (Lipinski definition) is 5. The molecule has 2 rings (SSSR count). The molecule has 0 saturated carbocycles. The lowest BCUT2D eigenvalue weighted by atomic mass is 10.2. The highest BCUT2D eigenvalue weighted by molar-refractivity contribution is 5.77. The Kier molecular flexibility index (Phi) is 3.96. The minimum atomic E-state index is -1.33. The van der Waals surface area contributed by atoms with Crippen LogP contribution in [0.2, 0.25) is 0 Å². The van der Waals surface area contributed by atoms with Gasteiger partial charge in [0.25, 0.3) is 5.79 Å². The minimum Gasteiger partial charge on any atom is -0.457 e. The van der Waals surface area contributed by atoms with Crippen LogP contribution in [0.15, 0.2) is 30.3 Å². The van der Waals surface area contributed by atoms with Crippen LogP contribution in [0.1, 0.15) is 12.5 Å². The Morgan fingerprint density at radius 3 is 2.83 bits per heavy atom. The molecule has 18 heavy (non-hydrogen) atoms. The molecule has 98 valence electrons. The minimum absolute atomic E-state index is 0.204. The van der Waals surface area contributed by atoms with E-state index in [0.717, 1.165) is 5.56 Å². The molecule has 1 heterocycles. The molecule has 2 N–H and O–H groups in total. The molecule has 0 amide bonds. The quantitative estimate of drug-likeness (QED) is 0.802. The maximum atomic E-state index is 11.9. The van der Waals surface area contributed by atoms with E-state index in [2.05, 4.69) is 0 Å². The van der Waals surface area contributed by atoms with Gasteiger partial charge in [0.1, 0.15) is 6.61 Å². The maximum Gasteiger partial charge on any atom is 0.366 e. The molecule has 5 heteroatoms. The van der Waals surface area contributed by atoms with Gasteiger partial charge in [-0.15, -0.1) is 0 Å². The lowest BCUT2D eigenvalue weighted by Gasteiger charge is -2.20. The molecule has 1 aliphatic heterocycles. The third-order valence-electron chi connectivity index (χ3n) is 2.78. The average molecular weight is 251 g/mol. The van der Waals surface area contributed by atoms with Crippen molar-refractivity contribution in [3.05, 3.63) is 35.9 Å². The normalized spacial score (nSPS) is 27.1. The van der Waals surface area contributed by atoms with Crippen molar-refractivity contribution >= 4 is 5.97 Å². The molecular weight excluding hydrogens is 234 g/mol. The van der Waals surface area contributed by atoms with Crippen LogP contribution < -0.4 is 5.73 Å². The Labute approximate surface area is 106 Å². The SMILES string of the molecule is CC1(C(=O)OCc2ccccc2)OC[C@@H](CN)O1. The first-order chi connectivity index (χ1) is 8.64. The summed E-state index contributed by atoms with van der Waals surface area (Å²) < 4.78 is 15.9. The van der Waals surface area contributed by atoms with Gasteiger partial charge in [-0.1, -0.05) is 30.3 Å². The summed E-state index contributed by atoms with van der Waals surface area (Å²) in [5.41, 5.74) is 6.38. The summed E-state index contributed by atoms with van der Waals surface area (Å²) in [4.78, 5) is 11.9. The van der Waals surface area contributed by atoms with E-state index in [0.29, 0.717) is 13.2 Å². The number of rotatable bonds is 4. The van der Waals surface area contributed by atoms with Gasteiger partial charge in [-0.05, 0) is 5.56 Å². The topological polar surface area (TPSA) is 70.8 Å². The van der Waals surface area contributed by atoms with Crippen molar-refractivity contribution in [2.75, 3.05) is 13.2 Å². The zero-order chi connectivity index (χ0) is 13.0. The van der Waals surface area contributed by atoms with Crippen molar-refractivity contribution in [2.45, 2.75) is 25.4 Å². The van der Waals surface area contributed by atoms with Crippen molar-refractivity contribution in [2.24, 2.45) is 5.73 Å². The highest BCUT2D eigenvalue weighted by atomic mass is 16.8. The Hall–Kier alpha value is -1.43. The van der Waals surface area contributed by atoms with E-state index in [4.69, 9.17) is 19.9 Å². The monoisotopic (exact) mass is 251 g/mol. The van der Waals surface area contributed by atoms with Gasteiger partial charge in [0, 0.05) is 13.5 Å². The molecule has 1 unspecified atom stereocenters. The van der Waals surface area contributed by atoms with Crippen LogP contribution in [-0.4, -0.2) is 31.0 Å². The molecule has 1 aliphatic rings. The van der Waals surface area contributed by atoms with E-state index in [1.165, 1.54) is 0 Å². The summed E-state index contributed by atoms with van der Waals surface area (Å²) in [5.74, 6) is -1.86. The first-order valence-corrected chi connectivity index (χ1v) is 5.87. The molecule has 1 aromatic carbocycles. The van der Waals surface area contributed by atoms with Gasteiger partial charge in [0.2, 0.25) is 0 Å². The van der Waals surface area contributed by atoms with E-state index in [-0.39, 0.29) is 12.7 Å². The van der Waals surface area contributed by atoms with E-state index in [1.807, 2.05) is 30.3 Å². The molecule has 5 nitrogen and oxygen atoms in total. The predicted molar refractivity (Wildman–Crippen MR) is 64.5 cm³/mol. The van der Waals surface area contributed by atoms with Gasteiger partial charge in [-0.3, -0.25) is 0 Å². The fourth-order valence-corrected chi connectivity index (χ4v) is 1.72. The van der Waals surface area contributed by atoms with Crippen molar-refractivity contribution < 1.29 is 19.0 Å². The van der Waals surface area contributed by atoms with Crippen molar-refractivity contribution in [3.63, 3.8) is 0 Å². The Balaban J connectivity index is 1.89. The van der Waals surface area contributed by atoms with E-state index in [9.17, 15) is 4.79 Å². The van der Waals surface area contributed by atoms with Gasteiger partial charge < -0.3 is 19.9 Å². The third-order valence-corrected chi connectivity index (χ3v) is 2.78. The molecule has 1 saturated heterocycles. The van der Waals surface area contributed by atoms with E-state index < -0.39 is 11.8 Å². The van der Waals surface area contributed by atoms with Gasteiger partial charge in [0.05, 0.1) is 12.7 Å². The number of nitrogens with two attached hydrogens (primary N) is 1. The van der Waals surface area contributed by atoms with Crippen LogP contribution in [-0.2, 0) is 25.6 Å². The number of carbonyl (C=O) groups is 1. The number of esters is 1. The van der Waals surface area contributed by atoms with Gasteiger partial charge >= 0.3 is 5.97 Å². The fourth-order valence-electron chi connectivity index (χ4n) is 1.72.